The second-order valence-corrected chi connectivity index (χ2v) is 5.92. The Bertz CT molecular complexity index is 702. The van der Waals surface area contributed by atoms with E-state index in [9.17, 15) is 8.42 Å². The first kappa shape index (κ1) is 15.3. The first-order valence-electron chi connectivity index (χ1n) is 5.21. The number of hydrogen-bond acceptors (Lipinski definition) is 5. The Hall–Kier alpha value is -1.79. The van der Waals surface area contributed by atoms with Crippen LogP contribution in [0.15, 0.2) is 41.3 Å². The number of halogens is 1. The molecule has 1 aromatic carbocycles. The zero-order chi connectivity index (χ0) is 13.3. The molecule has 1 aromatic heterocycles. The number of nitrogens with zero attached hydrogens (tertiary/aromatic N) is 1. The van der Waals surface area contributed by atoms with Crippen molar-refractivity contribution in [3.05, 3.63) is 36.4 Å². The Labute approximate surface area is 118 Å². The zero-order valence-electron chi connectivity index (χ0n) is 10.2. The third kappa shape index (κ3) is 3.15. The summed E-state index contributed by atoms with van der Waals surface area (Å²) in [6, 6.07) is 9.91. The summed E-state index contributed by atoms with van der Waals surface area (Å²) >= 11 is 0. The molecule has 0 bridgehead atoms. The van der Waals surface area contributed by atoms with E-state index >= 15 is 0 Å². The van der Waals surface area contributed by atoms with Crippen LogP contribution in [0.5, 0.6) is 0 Å². The van der Waals surface area contributed by atoms with Gasteiger partial charge in [0.2, 0.25) is 0 Å². The lowest BCUT2D eigenvalue weighted by molar-refractivity contribution is 0.602. The van der Waals surface area contributed by atoms with Gasteiger partial charge in [0.15, 0.2) is 9.84 Å². The topological polar surface area (TPSA) is 99.1 Å². The van der Waals surface area contributed by atoms with Gasteiger partial charge in [-0.2, -0.15) is 0 Å². The second-order valence-electron chi connectivity index (χ2n) is 3.94. The van der Waals surface area contributed by atoms with E-state index in [0.29, 0.717) is 16.9 Å². The van der Waals surface area contributed by atoms with E-state index in [2.05, 4.69) is 4.98 Å². The lowest BCUT2D eigenvalue weighted by atomic mass is 10.1. The summed E-state index contributed by atoms with van der Waals surface area (Å²) in [6.07, 6.45) is 1.16. The number of hydrogen-bond donors (Lipinski definition) is 2. The number of sulfone groups is 1. The fourth-order valence-corrected chi connectivity index (χ4v) is 2.63. The zero-order valence-corrected chi connectivity index (χ0v) is 11.8. The fourth-order valence-electron chi connectivity index (χ4n) is 1.73. The lowest BCUT2D eigenvalue weighted by Gasteiger charge is -2.10. The summed E-state index contributed by atoms with van der Waals surface area (Å²) in [4.78, 5) is 4.16. The average molecular weight is 300 g/mol. The van der Waals surface area contributed by atoms with Crippen LogP contribution in [-0.2, 0) is 9.84 Å². The molecule has 0 radical (unpaired) electrons. The van der Waals surface area contributed by atoms with Crippen molar-refractivity contribution in [2.24, 2.45) is 0 Å². The molecule has 0 saturated carbocycles. The molecule has 2 rings (SSSR count). The molecule has 102 valence electrons. The van der Waals surface area contributed by atoms with E-state index in [1.807, 2.05) is 0 Å². The minimum absolute atomic E-state index is 0. The van der Waals surface area contributed by atoms with Gasteiger partial charge in [-0.1, -0.05) is 18.2 Å². The van der Waals surface area contributed by atoms with Gasteiger partial charge in [0.05, 0.1) is 4.90 Å². The van der Waals surface area contributed by atoms with Gasteiger partial charge in [-0.05, 0) is 18.2 Å². The van der Waals surface area contributed by atoms with Crippen LogP contribution in [0.3, 0.4) is 0 Å². The minimum atomic E-state index is -3.32. The first-order chi connectivity index (χ1) is 8.39. The monoisotopic (exact) mass is 299 g/mol. The van der Waals surface area contributed by atoms with Crippen LogP contribution in [0, 0.1) is 0 Å². The summed E-state index contributed by atoms with van der Waals surface area (Å²) in [5.74, 6) is 0.513. The van der Waals surface area contributed by atoms with Crippen LogP contribution in [0.4, 0.5) is 11.6 Å². The Morgan fingerprint density at radius 3 is 2.21 bits per heavy atom. The lowest BCUT2D eigenvalue weighted by Crippen LogP contribution is -2.03. The van der Waals surface area contributed by atoms with Crippen LogP contribution in [0.1, 0.15) is 0 Å². The SMILES string of the molecule is CS(=O)(=O)c1ccccc1-c1ccc(N)nc1N.Cl. The van der Waals surface area contributed by atoms with E-state index < -0.39 is 9.84 Å². The maximum Gasteiger partial charge on any atom is 0.176 e. The normalized spacial score (nSPS) is 10.8. The smallest absolute Gasteiger partial charge is 0.176 e. The summed E-state index contributed by atoms with van der Waals surface area (Å²) in [5, 5.41) is 0. The van der Waals surface area contributed by atoms with Crippen LogP contribution in [0.2, 0.25) is 0 Å². The molecule has 0 fully saturated rings. The molecule has 0 spiro atoms. The second kappa shape index (κ2) is 5.46. The predicted octanol–water partition coefficient (Wildman–Crippen LogP) is 1.74. The van der Waals surface area contributed by atoms with Gasteiger partial charge < -0.3 is 11.5 Å². The molecule has 0 atom stereocenters. The van der Waals surface area contributed by atoms with E-state index in [1.54, 1.807) is 36.4 Å². The number of nitrogen functional groups attached to an aromatic ring is 2. The van der Waals surface area contributed by atoms with Crippen molar-refractivity contribution in [2.75, 3.05) is 17.7 Å². The van der Waals surface area contributed by atoms with Crippen LogP contribution >= 0.6 is 12.4 Å². The van der Waals surface area contributed by atoms with E-state index in [-0.39, 0.29) is 23.1 Å². The van der Waals surface area contributed by atoms with E-state index in [0.717, 1.165) is 6.26 Å². The molecule has 4 N–H and O–H groups in total. The van der Waals surface area contributed by atoms with Crippen molar-refractivity contribution in [1.29, 1.82) is 0 Å². The predicted molar refractivity (Wildman–Crippen MR) is 78.9 cm³/mol. The molecule has 2 aromatic rings. The van der Waals surface area contributed by atoms with Gasteiger partial charge in [-0.3, -0.25) is 0 Å². The first-order valence-corrected chi connectivity index (χ1v) is 7.10. The fraction of sp³-hybridized carbons (Fsp3) is 0.0833. The Balaban J connectivity index is 0.00000180. The molecule has 0 aliphatic heterocycles. The molecule has 1 heterocycles. The number of anilines is 2. The van der Waals surface area contributed by atoms with Crippen LogP contribution < -0.4 is 11.5 Å². The van der Waals surface area contributed by atoms with Gasteiger partial charge in [0.1, 0.15) is 11.6 Å². The summed E-state index contributed by atoms with van der Waals surface area (Å²) < 4.78 is 23.4. The number of aromatic nitrogens is 1. The molecule has 19 heavy (non-hydrogen) atoms. The molecule has 0 saturated heterocycles. The Kier molecular flexibility index (Phi) is 4.39. The largest absolute Gasteiger partial charge is 0.384 e. The average Bonchev–Trinajstić information content (AvgIpc) is 2.28. The molecule has 0 amide bonds. The molecule has 0 aliphatic carbocycles. The number of nitrogens with two attached hydrogens (primary N) is 2. The van der Waals surface area contributed by atoms with Crippen molar-refractivity contribution < 1.29 is 8.42 Å². The molecule has 7 heteroatoms. The van der Waals surface area contributed by atoms with Gasteiger partial charge in [-0.25, -0.2) is 13.4 Å². The van der Waals surface area contributed by atoms with Crippen LogP contribution in [0.25, 0.3) is 11.1 Å². The maximum atomic E-state index is 11.7. The van der Waals surface area contributed by atoms with E-state index in [4.69, 9.17) is 11.5 Å². The Morgan fingerprint density at radius 1 is 1.00 bits per heavy atom. The maximum absolute atomic E-state index is 11.7. The molecule has 0 aliphatic rings. The highest BCUT2D eigenvalue weighted by atomic mass is 35.5. The van der Waals surface area contributed by atoms with Crippen LogP contribution in [-0.4, -0.2) is 19.7 Å². The summed E-state index contributed by atoms with van der Waals surface area (Å²) in [5.41, 5.74) is 12.4. The standard InChI is InChI=1S/C12H13N3O2S.ClH/c1-18(16,17)10-5-3-2-4-8(10)9-6-7-11(13)15-12(9)14;/h2-7H,1H3,(H4,13,14,15);1H. The van der Waals surface area contributed by atoms with Crippen molar-refractivity contribution in [1.82, 2.24) is 4.98 Å². The number of pyridine rings is 1. The van der Waals surface area contributed by atoms with E-state index in [1.165, 1.54) is 0 Å². The highest BCUT2D eigenvalue weighted by Gasteiger charge is 2.15. The van der Waals surface area contributed by atoms with Gasteiger partial charge in [0, 0.05) is 17.4 Å². The Morgan fingerprint density at radius 2 is 1.63 bits per heavy atom. The quantitative estimate of drug-likeness (QED) is 0.880. The molecule has 0 unspecified atom stereocenters. The van der Waals surface area contributed by atoms with Gasteiger partial charge in [0.25, 0.3) is 0 Å². The number of benzene rings is 1. The minimum Gasteiger partial charge on any atom is -0.384 e. The third-order valence-corrected chi connectivity index (χ3v) is 3.68. The molecule has 5 nitrogen and oxygen atoms in total. The molecular weight excluding hydrogens is 286 g/mol. The van der Waals surface area contributed by atoms with Gasteiger partial charge >= 0.3 is 0 Å². The summed E-state index contributed by atoms with van der Waals surface area (Å²) in [7, 11) is -3.32. The highest BCUT2D eigenvalue weighted by Crippen LogP contribution is 2.30. The van der Waals surface area contributed by atoms with Crippen molar-refractivity contribution in [3.63, 3.8) is 0 Å². The summed E-state index contributed by atoms with van der Waals surface area (Å²) in [6.45, 7) is 0. The van der Waals surface area contributed by atoms with Crippen molar-refractivity contribution >= 4 is 33.9 Å². The van der Waals surface area contributed by atoms with Crippen molar-refractivity contribution in [2.45, 2.75) is 4.90 Å². The van der Waals surface area contributed by atoms with Crippen molar-refractivity contribution in [3.8, 4) is 11.1 Å². The molecular formula is C12H14ClN3O2S. The highest BCUT2D eigenvalue weighted by molar-refractivity contribution is 7.90. The number of rotatable bonds is 2. The van der Waals surface area contributed by atoms with Gasteiger partial charge in [-0.15, -0.1) is 12.4 Å². The third-order valence-electron chi connectivity index (χ3n) is 2.52.